The molecule has 0 amide bonds. The predicted molar refractivity (Wildman–Crippen MR) is 102 cm³/mol. The normalized spacial score (nSPS) is 22.9. The molecular weight excluding hydrogens is 324 g/mol. The monoisotopic (exact) mass is 354 g/mol. The zero-order valence-corrected chi connectivity index (χ0v) is 15.7. The molecule has 2 aliphatic heterocycles. The van der Waals surface area contributed by atoms with Crippen LogP contribution in [0.1, 0.15) is 61.5 Å². The van der Waals surface area contributed by atoms with Gasteiger partial charge >= 0.3 is 0 Å². The Morgan fingerprint density at radius 3 is 2.42 bits per heavy atom. The molecule has 0 unspecified atom stereocenters. The Morgan fingerprint density at radius 2 is 1.62 bits per heavy atom. The summed E-state index contributed by atoms with van der Waals surface area (Å²) in [7, 11) is 0. The fourth-order valence-electron chi connectivity index (χ4n) is 4.93. The van der Waals surface area contributed by atoms with Gasteiger partial charge in [-0.2, -0.15) is 9.61 Å². The standard InChI is InChI=1S/C20H30N6/c1-2-9-24(10-3-1)13-14-25-11-7-16(8-12-25)20-22-21-19-15-17-5-4-6-18(17)23-26(19)20/h15-16H,1-14H2. The van der Waals surface area contributed by atoms with E-state index in [2.05, 4.69) is 26.1 Å². The van der Waals surface area contributed by atoms with E-state index in [-0.39, 0.29) is 0 Å². The lowest BCUT2D eigenvalue weighted by atomic mass is 9.96. The number of hydrogen-bond donors (Lipinski definition) is 0. The van der Waals surface area contributed by atoms with E-state index in [1.54, 1.807) is 0 Å². The van der Waals surface area contributed by atoms with Gasteiger partial charge in [-0.15, -0.1) is 10.2 Å². The van der Waals surface area contributed by atoms with E-state index in [1.165, 1.54) is 89.1 Å². The average Bonchev–Trinajstić information content (AvgIpc) is 3.32. The molecule has 6 nitrogen and oxygen atoms in total. The summed E-state index contributed by atoms with van der Waals surface area (Å²) >= 11 is 0. The Bertz CT molecular complexity index is 755. The topological polar surface area (TPSA) is 49.6 Å². The molecule has 2 saturated heterocycles. The van der Waals surface area contributed by atoms with Crippen LogP contribution in [-0.2, 0) is 12.8 Å². The van der Waals surface area contributed by atoms with Crippen LogP contribution in [0.2, 0.25) is 0 Å². The van der Waals surface area contributed by atoms with Crippen molar-refractivity contribution >= 4 is 5.65 Å². The van der Waals surface area contributed by atoms with Crippen molar-refractivity contribution in [1.29, 1.82) is 0 Å². The van der Waals surface area contributed by atoms with Gasteiger partial charge in [-0.25, -0.2) is 0 Å². The SMILES string of the molecule is c1c2c(nn3c(C4CCN(CCN5CCCCC5)CC4)nnc13)CCC2. The summed E-state index contributed by atoms with van der Waals surface area (Å²) in [6.45, 7) is 7.43. The first-order valence-corrected chi connectivity index (χ1v) is 10.6. The zero-order valence-electron chi connectivity index (χ0n) is 15.7. The van der Waals surface area contributed by atoms with Gasteiger partial charge in [-0.05, 0) is 82.8 Å². The zero-order chi connectivity index (χ0) is 17.3. The van der Waals surface area contributed by atoms with Crippen molar-refractivity contribution in [3.63, 3.8) is 0 Å². The van der Waals surface area contributed by atoms with Crippen LogP contribution in [0.15, 0.2) is 6.07 Å². The predicted octanol–water partition coefficient (Wildman–Crippen LogP) is 2.28. The summed E-state index contributed by atoms with van der Waals surface area (Å²) in [6, 6.07) is 2.21. The number of hydrogen-bond acceptors (Lipinski definition) is 5. The lowest BCUT2D eigenvalue weighted by molar-refractivity contribution is 0.157. The molecule has 4 heterocycles. The summed E-state index contributed by atoms with van der Waals surface area (Å²) in [5, 5.41) is 13.8. The van der Waals surface area contributed by atoms with Crippen molar-refractivity contribution in [2.24, 2.45) is 0 Å². The Labute approximate surface area is 155 Å². The van der Waals surface area contributed by atoms with Gasteiger partial charge in [0.1, 0.15) is 0 Å². The van der Waals surface area contributed by atoms with Gasteiger partial charge in [0.15, 0.2) is 11.5 Å². The Kier molecular flexibility index (Phi) is 4.63. The number of fused-ring (bicyclic) bond motifs is 2. The fraction of sp³-hybridized carbons (Fsp3) is 0.750. The molecular formula is C20H30N6. The highest BCUT2D eigenvalue weighted by molar-refractivity contribution is 5.43. The number of nitrogens with zero attached hydrogens (tertiary/aromatic N) is 6. The molecule has 140 valence electrons. The van der Waals surface area contributed by atoms with Crippen molar-refractivity contribution in [2.75, 3.05) is 39.3 Å². The maximum Gasteiger partial charge on any atom is 0.178 e. The second kappa shape index (κ2) is 7.24. The highest BCUT2D eigenvalue weighted by Gasteiger charge is 2.26. The number of likely N-dealkylation sites (tertiary alicyclic amines) is 2. The molecule has 0 aromatic carbocycles. The Balaban J connectivity index is 1.21. The van der Waals surface area contributed by atoms with E-state index in [4.69, 9.17) is 5.10 Å². The van der Waals surface area contributed by atoms with Crippen LogP contribution in [0.4, 0.5) is 0 Å². The molecule has 26 heavy (non-hydrogen) atoms. The second-order valence-corrected chi connectivity index (χ2v) is 8.32. The first kappa shape index (κ1) is 16.6. The van der Waals surface area contributed by atoms with E-state index in [0.717, 1.165) is 24.3 Å². The Morgan fingerprint density at radius 1 is 0.846 bits per heavy atom. The van der Waals surface area contributed by atoms with Crippen molar-refractivity contribution in [2.45, 2.75) is 57.3 Å². The highest BCUT2D eigenvalue weighted by atomic mass is 15.4. The van der Waals surface area contributed by atoms with E-state index in [0.29, 0.717) is 5.92 Å². The summed E-state index contributed by atoms with van der Waals surface area (Å²) in [4.78, 5) is 5.28. The third kappa shape index (κ3) is 3.25. The molecule has 6 heteroatoms. The van der Waals surface area contributed by atoms with Gasteiger partial charge in [0.05, 0.1) is 5.69 Å². The molecule has 2 aromatic heterocycles. The van der Waals surface area contributed by atoms with E-state index in [9.17, 15) is 0 Å². The summed E-state index contributed by atoms with van der Waals surface area (Å²) in [5.41, 5.74) is 3.58. The van der Waals surface area contributed by atoms with Gasteiger partial charge in [0.2, 0.25) is 0 Å². The minimum Gasteiger partial charge on any atom is -0.302 e. The van der Waals surface area contributed by atoms with Crippen LogP contribution in [0.5, 0.6) is 0 Å². The summed E-state index contributed by atoms with van der Waals surface area (Å²) in [6.07, 6.45) is 10.0. The smallest absolute Gasteiger partial charge is 0.178 e. The minimum atomic E-state index is 0.503. The molecule has 2 aromatic rings. The van der Waals surface area contributed by atoms with Crippen LogP contribution in [0.25, 0.3) is 5.65 Å². The van der Waals surface area contributed by atoms with Gasteiger partial charge < -0.3 is 9.80 Å². The lowest BCUT2D eigenvalue weighted by Crippen LogP contribution is -2.41. The van der Waals surface area contributed by atoms with E-state index >= 15 is 0 Å². The first-order valence-electron chi connectivity index (χ1n) is 10.6. The quantitative estimate of drug-likeness (QED) is 0.843. The molecule has 0 spiro atoms. The summed E-state index contributed by atoms with van der Waals surface area (Å²) in [5.74, 6) is 1.59. The minimum absolute atomic E-state index is 0.503. The molecule has 1 aliphatic carbocycles. The van der Waals surface area contributed by atoms with Gasteiger partial charge in [-0.1, -0.05) is 6.42 Å². The van der Waals surface area contributed by atoms with Crippen LogP contribution >= 0.6 is 0 Å². The molecule has 3 aliphatic rings. The number of aromatic nitrogens is 4. The van der Waals surface area contributed by atoms with Crippen molar-refractivity contribution < 1.29 is 0 Å². The maximum atomic E-state index is 4.88. The van der Waals surface area contributed by atoms with Gasteiger partial charge in [0, 0.05) is 19.0 Å². The molecule has 5 rings (SSSR count). The first-order chi connectivity index (χ1) is 12.9. The highest BCUT2D eigenvalue weighted by Crippen LogP contribution is 2.28. The third-order valence-electron chi connectivity index (χ3n) is 6.58. The largest absolute Gasteiger partial charge is 0.302 e. The van der Waals surface area contributed by atoms with Crippen LogP contribution in [0.3, 0.4) is 0 Å². The molecule has 0 atom stereocenters. The Hall–Kier alpha value is -1.53. The molecule has 2 fully saturated rings. The summed E-state index contributed by atoms with van der Waals surface area (Å²) < 4.78 is 2.04. The van der Waals surface area contributed by atoms with Crippen LogP contribution in [0, 0.1) is 0 Å². The third-order valence-corrected chi connectivity index (χ3v) is 6.58. The molecule has 0 bridgehead atoms. The van der Waals surface area contributed by atoms with E-state index in [1.807, 2.05) is 4.52 Å². The molecule has 0 radical (unpaired) electrons. The van der Waals surface area contributed by atoms with Crippen molar-refractivity contribution in [3.8, 4) is 0 Å². The number of rotatable bonds is 4. The lowest BCUT2D eigenvalue weighted by Gasteiger charge is -2.34. The number of piperidine rings is 2. The molecule has 0 N–H and O–H groups in total. The van der Waals surface area contributed by atoms with Crippen molar-refractivity contribution in [3.05, 3.63) is 23.1 Å². The second-order valence-electron chi connectivity index (χ2n) is 8.32. The van der Waals surface area contributed by atoms with Crippen LogP contribution in [-0.4, -0.2) is 68.9 Å². The fourth-order valence-corrected chi connectivity index (χ4v) is 4.93. The van der Waals surface area contributed by atoms with Gasteiger partial charge in [-0.3, -0.25) is 0 Å². The molecule has 0 saturated carbocycles. The van der Waals surface area contributed by atoms with Crippen LogP contribution < -0.4 is 0 Å². The average molecular weight is 355 g/mol. The number of aryl methyl sites for hydroxylation is 2. The van der Waals surface area contributed by atoms with E-state index < -0.39 is 0 Å². The van der Waals surface area contributed by atoms with Gasteiger partial charge in [0.25, 0.3) is 0 Å². The van der Waals surface area contributed by atoms with Crippen molar-refractivity contribution in [1.82, 2.24) is 29.6 Å². The maximum absolute atomic E-state index is 4.88.